The van der Waals surface area contributed by atoms with Gasteiger partial charge >= 0.3 is 106 Å². The minimum absolute atomic E-state index is 0. The molecule has 0 fully saturated rings. The average molecular weight is 1010 g/mol. The van der Waals surface area contributed by atoms with Gasteiger partial charge in [0.25, 0.3) is 0 Å². The summed E-state index contributed by atoms with van der Waals surface area (Å²) in [6, 6.07) is 47.2. The molecule has 0 spiro atoms. The number of furan rings is 1. The molecule has 0 N–H and O–H groups in total. The second-order valence-corrected chi connectivity index (χ2v) is 27.5. The number of pyridine rings is 2. The largest absolute Gasteiger partial charge is 0.499 e. The number of hydrogen-bond acceptors (Lipinski definition) is 4. The predicted octanol–water partition coefficient (Wildman–Crippen LogP) is 13.4. The molecule has 4 heterocycles. The summed E-state index contributed by atoms with van der Waals surface area (Å²) in [5.74, 6) is 8.57. The topological polar surface area (TPSA) is 56.7 Å². The van der Waals surface area contributed by atoms with Gasteiger partial charge in [0.2, 0.25) is 0 Å². The van der Waals surface area contributed by atoms with Crippen LogP contribution >= 0.6 is 0 Å². The Balaban J connectivity index is 0.000000247. The molecular formula is C52H50GeIrN4O-2. The molecule has 1 radical (unpaired) electrons. The summed E-state index contributed by atoms with van der Waals surface area (Å²) in [4.78, 5) is 14.3. The molecule has 7 heteroatoms. The van der Waals surface area contributed by atoms with Gasteiger partial charge in [-0.25, -0.2) is 0 Å². The van der Waals surface area contributed by atoms with Gasteiger partial charge in [0, 0.05) is 37.4 Å². The first-order valence-corrected chi connectivity index (χ1v) is 27.6. The van der Waals surface area contributed by atoms with E-state index in [0.29, 0.717) is 11.8 Å². The van der Waals surface area contributed by atoms with Crippen LogP contribution in [0, 0.1) is 26.0 Å². The van der Waals surface area contributed by atoms with E-state index in [4.69, 9.17) is 9.40 Å². The number of benzene rings is 5. The van der Waals surface area contributed by atoms with Crippen LogP contribution in [0.2, 0.25) is 17.3 Å². The number of aryl methyl sites for hydroxylation is 2. The molecule has 0 aliphatic heterocycles. The molecule has 0 amide bonds. The SMILES string of the molecule is Cc1c[c-]c(-c2cc[c]([Ge]([CH3])([CH3])[CH3])cn2)cc1.Cc1nccc2c1oc1c(-c3nc4ccccc4n3-c3c(C(C)C)cc(-c4ccccc4)cc3C(C)C)[c-]ccc12.[Ir]. The van der Waals surface area contributed by atoms with Crippen LogP contribution in [0.5, 0.6) is 0 Å². The number of imidazole rings is 1. The van der Waals surface area contributed by atoms with Crippen LogP contribution in [0.1, 0.15) is 61.9 Å². The molecule has 59 heavy (non-hydrogen) atoms. The van der Waals surface area contributed by atoms with Crippen molar-refractivity contribution < 1.29 is 24.5 Å². The van der Waals surface area contributed by atoms with E-state index in [2.05, 4.69) is 176 Å². The van der Waals surface area contributed by atoms with E-state index in [-0.39, 0.29) is 20.1 Å². The van der Waals surface area contributed by atoms with Crippen molar-refractivity contribution in [2.75, 3.05) is 0 Å². The predicted molar refractivity (Wildman–Crippen MR) is 245 cm³/mol. The van der Waals surface area contributed by atoms with Crippen LogP contribution < -0.4 is 4.40 Å². The molecule has 0 aliphatic carbocycles. The zero-order valence-electron chi connectivity index (χ0n) is 35.3. The van der Waals surface area contributed by atoms with Gasteiger partial charge in [0.15, 0.2) is 0 Å². The Morgan fingerprint density at radius 2 is 1.39 bits per heavy atom. The van der Waals surface area contributed by atoms with Gasteiger partial charge in [-0.3, -0.25) is 9.97 Å². The molecule has 5 nitrogen and oxygen atoms in total. The summed E-state index contributed by atoms with van der Waals surface area (Å²) < 4.78 is 10.3. The average Bonchev–Trinajstić information content (AvgIpc) is 3.81. The molecule has 0 bridgehead atoms. The van der Waals surface area contributed by atoms with Crippen molar-refractivity contribution in [1.82, 2.24) is 19.5 Å². The molecule has 4 aromatic heterocycles. The second-order valence-electron chi connectivity index (χ2n) is 16.9. The van der Waals surface area contributed by atoms with Crippen molar-refractivity contribution in [1.29, 1.82) is 0 Å². The Labute approximate surface area is 364 Å². The van der Waals surface area contributed by atoms with Crippen molar-refractivity contribution in [3.05, 3.63) is 162 Å². The first-order chi connectivity index (χ1) is 27.9. The Kier molecular flexibility index (Phi) is 12.3. The summed E-state index contributed by atoms with van der Waals surface area (Å²) in [5, 5.41) is 2.11. The van der Waals surface area contributed by atoms with Crippen molar-refractivity contribution in [2.24, 2.45) is 0 Å². The minimum atomic E-state index is -1.73. The smallest absolute Gasteiger partial charge is 0.142 e. The fourth-order valence-electron chi connectivity index (χ4n) is 7.66. The summed E-state index contributed by atoms with van der Waals surface area (Å²) in [6.07, 6.45) is 3.89. The second kappa shape index (κ2) is 17.2. The Morgan fingerprint density at radius 3 is 2.03 bits per heavy atom. The molecule has 0 unspecified atom stereocenters. The third kappa shape index (κ3) is 8.36. The van der Waals surface area contributed by atoms with E-state index >= 15 is 0 Å². The first-order valence-electron chi connectivity index (χ1n) is 20.2. The van der Waals surface area contributed by atoms with Gasteiger partial charge < -0.3 is 8.98 Å². The normalized spacial score (nSPS) is 11.6. The summed E-state index contributed by atoms with van der Waals surface area (Å²) in [7, 11) is 0. The molecule has 9 aromatic rings. The fraction of sp³-hybridized carbons (Fsp3) is 0.212. The van der Waals surface area contributed by atoms with Gasteiger partial charge in [-0.05, 0) is 71.3 Å². The zero-order valence-corrected chi connectivity index (χ0v) is 39.8. The minimum Gasteiger partial charge on any atom is -0.499 e. The molecule has 0 saturated carbocycles. The van der Waals surface area contributed by atoms with E-state index in [0.717, 1.165) is 61.3 Å². The van der Waals surface area contributed by atoms with E-state index in [1.54, 1.807) is 0 Å². The summed E-state index contributed by atoms with van der Waals surface area (Å²) in [5.41, 5.74) is 14.9. The van der Waals surface area contributed by atoms with E-state index < -0.39 is 13.3 Å². The Bertz CT molecular complexity index is 2860. The van der Waals surface area contributed by atoms with Crippen LogP contribution in [0.25, 0.3) is 72.4 Å². The number of para-hydroxylation sites is 2. The number of hydrogen-bond donors (Lipinski definition) is 0. The summed E-state index contributed by atoms with van der Waals surface area (Å²) in [6.45, 7) is 13.2. The van der Waals surface area contributed by atoms with E-state index in [9.17, 15) is 0 Å². The molecule has 9 rings (SSSR count). The van der Waals surface area contributed by atoms with Crippen LogP contribution in [0.15, 0.2) is 132 Å². The summed E-state index contributed by atoms with van der Waals surface area (Å²) >= 11 is -1.73. The van der Waals surface area contributed by atoms with Gasteiger partial charge in [-0.15, -0.1) is 18.2 Å². The molecule has 299 valence electrons. The standard InChI is InChI=1S/C37H32N3O.C15H18GeN.Ir/c1-22(2)30-20-26(25-12-7-6-8-13-25)21-31(23(3)4)34(30)40-33-17-10-9-16-32(33)39-37(40)29-15-11-14-27-28-18-19-38-24(5)35(28)41-36(27)29;1-12-5-7-13(8-6-12)15-10-9-14(11-17-15)16(2,3)4;/h6-14,16-23H,1-5H3;5-7,9-11H,1-4H3;/q2*-1;. The zero-order chi connectivity index (χ0) is 40.7. The molecule has 0 saturated heterocycles. The number of aromatic nitrogens is 4. The Hall–Kier alpha value is -5.14. The van der Waals surface area contributed by atoms with Gasteiger partial charge in [0.05, 0.1) is 28.1 Å². The Morgan fingerprint density at radius 1 is 0.695 bits per heavy atom. The van der Waals surface area contributed by atoms with Crippen molar-refractivity contribution in [3.63, 3.8) is 0 Å². The first kappa shape index (κ1) is 42.0. The van der Waals surface area contributed by atoms with E-state index in [1.165, 1.54) is 37.9 Å². The van der Waals surface area contributed by atoms with Crippen LogP contribution in [0.4, 0.5) is 0 Å². The molecule has 0 aliphatic rings. The maximum Gasteiger partial charge on any atom is 0.142 e. The third-order valence-corrected chi connectivity index (χ3v) is 15.2. The number of nitrogens with zero attached hydrogens (tertiary/aromatic N) is 4. The number of fused-ring (bicyclic) bond motifs is 4. The molecular weight excluding hydrogens is 961 g/mol. The van der Waals surface area contributed by atoms with Crippen molar-refractivity contribution in [2.45, 2.75) is 70.6 Å². The quantitative estimate of drug-likeness (QED) is 0.118. The molecule has 0 atom stereocenters. The van der Waals surface area contributed by atoms with Crippen molar-refractivity contribution >= 4 is 50.6 Å². The van der Waals surface area contributed by atoms with Crippen LogP contribution in [-0.2, 0) is 20.1 Å². The number of rotatable bonds is 7. The fourth-order valence-corrected chi connectivity index (χ4v) is 9.83. The van der Waals surface area contributed by atoms with E-state index in [1.807, 2.05) is 37.5 Å². The van der Waals surface area contributed by atoms with Gasteiger partial charge in [0.1, 0.15) is 5.58 Å². The van der Waals surface area contributed by atoms with Crippen LogP contribution in [-0.4, -0.2) is 32.8 Å². The maximum absolute atomic E-state index is 6.54. The molecule has 5 aromatic carbocycles. The van der Waals surface area contributed by atoms with Gasteiger partial charge in [-0.2, -0.15) is 0 Å². The van der Waals surface area contributed by atoms with Crippen molar-refractivity contribution in [3.8, 4) is 39.5 Å². The maximum atomic E-state index is 6.54. The third-order valence-electron chi connectivity index (χ3n) is 10.9. The monoisotopic (exact) mass is 1010 g/mol. The van der Waals surface area contributed by atoms with Gasteiger partial charge in [-0.1, -0.05) is 81.1 Å². The van der Waals surface area contributed by atoms with Crippen LogP contribution in [0.3, 0.4) is 0 Å².